The monoisotopic (exact) mass is 618 g/mol. The number of nitrogens with zero attached hydrogens (tertiary/aromatic N) is 1. The normalized spacial score (nSPS) is 12.9. The van der Waals surface area contributed by atoms with Gasteiger partial charge in [0, 0.05) is 29.8 Å². The summed E-state index contributed by atoms with van der Waals surface area (Å²) < 4.78 is 10.8. The van der Waals surface area contributed by atoms with Gasteiger partial charge in [0.1, 0.15) is 12.0 Å². The van der Waals surface area contributed by atoms with E-state index in [1.165, 1.54) is 12.5 Å². The summed E-state index contributed by atoms with van der Waals surface area (Å²) in [5.74, 6) is 0.249. The van der Waals surface area contributed by atoms with Crippen LogP contribution in [0.25, 0.3) is 11.5 Å². The molecule has 0 bridgehead atoms. The predicted octanol–water partition coefficient (Wildman–Crippen LogP) is 5.33. The lowest BCUT2D eigenvalue weighted by Crippen LogP contribution is -2.48. The summed E-state index contributed by atoms with van der Waals surface area (Å²) in [6, 6.07) is 30.9. The smallest absolute Gasteiger partial charge is 0.251 e. The predicted molar refractivity (Wildman–Crippen MR) is 176 cm³/mol. The van der Waals surface area contributed by atoms with Crippen molar-refractivity contribution in [3.63, 3.8) is 0 Å². The van der Waals surface area contributed by atoms with E-state index >= 15 is 0 Å². The number of benzene rings is 4. The molecule has 46 heavy (non-hydrogen) atoms. The number of hydrogen-bond donors (Lipinski definition) is 4. The summed E-state index contributed by atoms with van der Waals surface area (Å²) in [6.07, 6.45) is 2.42. The quantitative estimate of drug-likeness (QED) is 0.133. The van der Waals surface area contributed by atoms with E-state index in [-0.39, 0.29) is 35.5 Å². The zero-order valence-electron chi connectivity index (χ0n) is 25.9. The number of rotatable bonds is 14. The number of methoxy groups -OCH3 is 1. The first-order valence-electron chi connectivity index (χ1n) is 15.2. The molecule has 0 aliphatic rings. The second kappa shape index (κ2) is 15.7. The molecule has 0 saturated carbocycles. The average Bonchev–Trinajstić information content (AvgIpc) is 3.64. The Kier molecular flexibility index (Phi) is 10.9. The maximum atomic E-state index is 13.8. The van der Waals surface area contributed by atoms with E-state index in [4.69, 9.17) is 9.15 Å². The molecule has 0 spiro atoms. The number of carbonyl (C=O) groups excluding carboxylic acids is 2. The van der Waals surface area contributed by atoms with Crippen LogP contribution in [0.1, 0.15) is 50.4 Å². The Hall–Kier alpha value is -5.25. The molecule has 1 heterocycles. The van der Waals surface area contributed by atoms with Crippen molar-refractivity contribution in [3.8, 4) is 17.2 Å². The molecule has 4 aromatic carbocycles. The van der Waals surface area contributed by atoms with Gasteiger partial charge in [-0.25, -0.2) is 4.98 Å². The summed E-state index contributed by atoms with van der Waals surface area (Å²) in [5.41, 5.74) is 3.92. The molecule has 0 aliphatic carbocycles. The van der Waals surface area contributed by atoms with Gasteiger partial charge < -0.3 is 30.2 Å². The van der Waals surface area contributed by atoms with Gasteiger partial charge in [0.25, 0.3) is 11.8 Å². The fraction of sp³-hybridized carbons (Fsp3) is 0.216. The molecular formula is C37H38N4O5. The van der Waals surface area contributed by atoms with Crippen LogP contribution in [-0.4, -0.2) is 47.7 Å². The first kappa shape index (κ1) is 32.2. The van der Waals surface area contributed by atoms with Crippen LogP contribution in [-0.2, 0) is 13.0 Å². The maximum absolute atomic E-state index is 13.8. The minimum absolute atomic E-state index is 0.233. The maximum Gasteiger partial charge on any atom is 0.251 e. The van der Waals surface area contributed by atoms with Crippen molar-refractivity contribution >= 4 is 11.8 Å². The molecule has 0 unspecified atom stereocenters. The van der Waals surface area contributed by atoms with Crippen LogP contribution in [0.15, 0.2) is 120 Å². The van der Waals surface area contributed by atoms with E-state index in [1.807, 2.05) is 91.9 Å². The molecule has 0 saturated heterocycles. The molecule has 0 aliphatic heterocycles. The van der Waals surface area contributed by atoms with Crippen molar-refractivity contribution in [2.75, 3.05) is 13.7 Å². The minimum atomic E-state index is -0.917. The topological polar surface area (TPSA) is 126 Å². The molecule has 1 aromatic heterocycles. The highest BCUT2D eigenvalue weighted by Crippen LogP contribution is 2.23. The lowest BCUT2D eigenvalue weighted by molar-refractivity contribution is 0.0830. The number of nitrogens with one attached hydrogen (secondary N) is 3. The molecular weight excluding hydrogens is 580 g/mol. The van der Waals surface area contributed by atoms with Gasteiger partial charge in [-0.15, -0.1) is 0 Å². The zero-order valence-corrected chi connectivity index (χ0v) is 25.9. The molecule has 0 fully saturated rings. The largest absolute Gasteiger partial charge is 0.497 e. The van der Waals surface area contributed by atoms with Crippen LogP contribution in [0, 0.1) is 0 Å². The Morgan fingerprint density at radius 2 is 1.52 bits per heavy atom. The Morgan fingerprint density at radius 1 is 0.848 bits per heavy atom. The third-order valence-electron chi connectivity index (χ3n) is 7.68. The van der Waals surface area contributed by atoms with Crippen LogP contribution < -0.4 is 20.7 Å². The van der Waals surface area contributed by atoms with Gasteiger partial charge in [0.15, 0.2) is 0 Å². The number of aromatic nitrogens is 1. The first-order chi connectivity index (χ1) is 22.4. The average molecular weight is 619 g/mol. The number of ether oxygens (including phenoxy) is 1. The van der Waals surface area contributed by atoms with Crippen LogP contribution in [0.4, 0.5) is 0 Å². The molecule has 5 aromatic rings. The van der Waals surface area contributed by atoms with Gasteiger partial charge in [-0.3, -0.25) is 9.59 Å². The van der Waals surface area contributed by atoms with Gasteiger partial charge in [-0.1, -0.05) is 72.8 Å². The molecule has 9 nitrogen and oxygen atoms in total. The lowest BCUT2D eigenvalue weighted by Gasteiger charge is -2.25. The first-order valence-corrected chi connectivity index (χ1v) is 15.2. The number of hydrogen-bond acceptors (Lipinski definition) is 7. The molecule has 3 atom stereocenters. The second-order valence-corrected chi connectivity index (χ2v) is 11.1. The van der Waals surface area contributed by atoms with E-state index in [2.05, 4.69) is 20.9 Å². The van der Waals surface area contributed by atoms with Crippen LogP contribution in [0.3, 0.4) is 0 Å². The number of oxazole rings is 1. The minimum Gasteiger partial charge on any atom is -0.497 e. The summed E-state index contributed by atoms with van der Waals surface area (Å²) in [5, 5.41) is 20.6. The van der Waals surface area contributed by atoms with Crippen LogP contribution in [0.5, 0.6) is 5.75 Å². The SMILES string of the molecule is COc1cccc(CNC[C@@H](O)[C@H](Cc2ccccc2)NC(=O)c2cc(C(=O)N[C@H](C)c3ccccc3)cc(-c3ncco3)c2)c1. The van der Waals surface area contributed by atoms with Crippen molar-refractivity contribution < 1.29 is 23.8 Å². The van der Waals surface area contributed by atoms with Crippen molar-refractivity contribution in [3.05, 3.63) is 143 Å². The van der Waals surface area contributed by atoms with E-state index in [9.17, 15) is 14.7 Å². The lowest BCUT2D eigenvalue weighted by atomic mass is 9.99. The van der Waals surface area contributed by atoms with Gasteiger partial charge in [-0.05, 0) is 60.4 Å². The highest BCUT2D eigenvalue weighted by atomic mass is 16.5. The summed E-state index contributed by atoms with van der Waals surface area (Å²) in [7, 11) is 1.62. The Balaban J connectivity index is 1.35. The third kappa shape index (κ3) is 8.68. The molecule has 236 valence electrons. The fourth-order valence-corrected chi connectivity index (χ4v) is 5.18. The standard InChI is InChI=1S/C37H38N4O5/c1-25(28-13-7-4-8-14-28)40-35(43)29-20-30(22-31(21-29)37-39-16-17-46-37)36(44)41-33(19-26-10-5-3-6-11-26)34(42)24-38-23-27-12-9-15-32(18-27)45-2/h3-18,20-22,25,33-34,38,42H,19,23-24H2,1-2H3,(H,40,43)(H,41,44)/t25-,33+,34-/m1/s1. The summed E-state index contributed by atoms with van der Waals surface area (Å²) >= 11 is 0. The van der Waals surface area contributed by atoms with E-state index in [0.717, 1.165) is 22.4 Å². The number of aliphatic hydroxyl groups excluding tert-OH is 1. The molecule has 5 rings (SSSR count). The Morgan fingerprint density at radius 3 is 2.20 bits per heavy atom. The van der Waals surface area contributed by atoms with Gasteiger partial charge in [0.05, 0.1) is 31.5 Å². The molecule has 2 amide bonds. The van der Waals surface area contributed by atoms with E-state index in [0.29, 0.717) is 18.5 Å². The highest BCUT2D eigenvalue weighted by molar-refractivity contribution is 6.01. The number of amides is 2. The molecule has 9 heteroatoms. The van der Waals surface area contributed by atoms with Gasteiger partial charge >= 0.3 is 0 Å². The Labute approximate surface area is 268 Å². The van der Waals surface area contributed by atoms with Crippen LogP contribution >= 0.6 is 0 Å². The fourth-order valence-electron chi connectivity index (χ4n) is 5.18. The number of carbonyl (C=O) groups is 2. The summed E-state index contributed by atoms with van der Waals surface area (Å²) in [4.78, 5) is 31.5. The van der Waals surface area contributed by atoms with Crippen molar-refractivity contribution in [1.82, 2.24) is 20.9 Å². The van der Waals surface area contributed by atoms with E-state index in [1.54, 1.807) is 25.3 Å². The van der Waals surface area contributed by atoms with Gasteiger partial charge in [0.2, 0.25) is 5.89 Å². The highest BCUT2D eigenvalue weighted by Gasteiger charge is 2.24. The molecule has 4 N–H and O–H groups in total. The van der Waals surface area contributed by atoms with Crippen molar-refractivity contribution in [2.24, 2.45) is 0 Å². The van der Waals surface area contributed by atoms with E-state index < -0.39 is 18.1 Å². The van der Waals surface area contributed by atoms with Gasteiger partial charge in [-0.2, -0.15) is 0 Å². The summed E-state index contributed by atoms with van der Waals surface area (Å²) in [6.45, 7) is 2.64. The number of aliphatic hydroxyl groups is 1. The van der Waals surface area contributed by atoms with Crippen molar-refractivity contribution in [1.29, 1.82) is 0 Å². The molecule has 0 radical (unpaired) electrons. The van der Waals surface area contributed by atoms with Crippen molar-refractivity contribution in [2.45, 2.75) is 38.1 Å². The van der Waals surface area contributed by atoms with Crippen LogP contribution in [0.2, 0.25) is 0 Å². The Bertz CT molecular complexity index is 1710. The third-order valence-corrected chi connectivity index (χ3v) is 7.68. The second-order valence-electron chi connectivity index (χ2n) is 11.1. The zero-order chi connectivity index (χ0) is 32.3.